The van der Waals surface area contributed by atoms with E-state index >= 15 is 0 Å². The zero-order chi connectivity index (χ0) is 31.5. The SMILES string of the molecule is CCOc1cc([C@H]2NC(=O)NC(C)=C2C(=O)OC)ccc1OC[C@H](O)N/N=C\c1cc(Br)c(OCC(=O)OC)c(OC)c1. The molecule has 1 aliphatic rings. The maximum atomic E-state index is 12.4. The monoisotopic (exact) mass is 664 g/mol. The number of esters is 2. The minimum absolute atomic E-state index is 0.194. The van der Waals surface area contributed by atoms with E-state index in [0.29, 0.717) is 50.9 Å². The number of benzene rings is 2. The van der Waals surface area contributed by atoms with Crippen LogP contribution in [0.25, 0.3) is 0 Å². The lowest BCUT2D eigenvalue weighted by atomic mass is 9.95. The van der Waals surface area contributed by atoms with E-state index in [0.717, 1.165) is 0 Å². The highest BCUT2D eigenvalue weighted by atomic mass is 79.9. The second kappa shape index (κ2) is 15.7. The number of urea groups is 1. The molecule has 0 saturated carbocycles. The molecule has 15 heteroatoms. The van der Waals surface area contributed by atoms with Crippen molar-refractivity contribution in [2.24, 2.45) is 5.10 Å². The van der Waals surface area contributed by atoms with Crippen molar-refractivity contribution in [3.63, 3.8) is 0 Å². The van der Waals surface area contributed by atoms with E-state index in [1.807, 2.05) is 0 Å². The number of hydrogen-bond donors (Lipinski definition) is 4. The highest BCUT2D eigenvalue weighted by Gasteiger charge is 2.32. The summed E-state index contributed by atoms with van der Waals surface area (Å²) in [4.78, 5) is 36.0. The first-order valence-electron chi connectivity index (χ1n) is 12.9. The van der Waals surface area contributed by atoms with Crippen molar-refractivity contribution in [1.82, 2.24) is 16.1 Å². The van der Waals surface area contributed by atoms with Gasteiger partial charge < -0.3 is 44.2 Å². The molecule has 0 bridgehead atoms. The molecule has 4 N–H and O–H groups in total. The van der Waals surface area contributed by atoms with Crippen LogP contribution in [-0.4, -0.2) is 76.7 Å². The van der Waals surface area contributed by atoms with Gasteiger partial charge in [0.1, 0.15) is 6.61 Å². The van der Waals surface area contributed by atoms with Crippen LogP contribution in [-0.2, 0) is 19.1 Å². The molecule has 2 aromatic carbocycles. The number of ether oxygens (including phenoxy) is 6. The maximum Gasteiger partial charge on any atom is 0.343 e. The molecule has 0 fully saturated rings. The molecule has 2 amide bonds. The topological polar surface area (TPSA) is 175 Å². The van der Waals surface area contributed by atoms with Gasteiger partial charge in [-0.2, -0.15) is 5.10 Å². The van der Waals surface area contributed by atoms with E-state index in [1.165, 1.54) is 27.5 Å². The highest BCUT2D eigenvalue weighted by Crippen LogP contribution is 2.37. The Kier molecular flexibility index (Phi) is 12.0. The van der Waals surface area contributed by atoms with Crippen molar-refractivity contribution in [2.45, 2.75) is 26.1 Å². The van der Waals surface area contributed by atoms with Crippen molar-refractivity contribution in [3.8, 4) is 23.0 Å². The molecule has 0 aromatic heterocycles. The molecule has 1 heterocycles. The first-order chi connectivity index (χ1) is 20.6. The van der Waals surface area contributed by atoms with Gasteiger partial charge in [-0.25, -0.2) is 14.4 Å². The summed E-state index contributed by atoms with van der Waals surface area (Å²) in [5.74, 6) is 0.210. The van der Waals surface area contributed by atoms with Gasteiger partial charge in [0.05, 0.1) is 50.2 Å². The third-order valence-electron chi connectivity index (χ3n) is 5.92. The third kappa shape index (κ3) is 8.75. The summed E-state index contributed by atoms with van der Waals surface area (Å²) < 4.78 is 32.3. The normalized spacial score (nSPS) is 15.2. The molecule has 3 rings (SSSR count). The van der Waals surface area contributed by atoms with Crippen LogP contribution in [0.4, 0.5) is 4.79 Å². The summed E-state index contributed by atoms with van der Waals surface area (Å²) >= 11 is 3.38. The number of rotatable bonds is 14. The molecule has 0 saturated heterocycles. The van der Waals surface area contributed by atoms with Crippen molar-refractivity contribution in [1.29, 1.82) is 0 Å². The average Bonchev–Trinajstić information content (AvgIpc) is 2.98. The van der Waals surface area contributed by atoms with Crippen LogP contribution in [0.5, 0.6) is 23.0 Å². The van der Waals surface area contributed by atoms with Gasteiger partial charge in [-0.3, -0.25) is 5.43 Å². The van der Waals surface area contributed by atoms with Crippen LogP contribution in [0, 0.1) is 0 Å². The minimum atomic E-state index is -1.20. The number of hydrazone groups is 1. The van der Waals surface area contributed by atoms with Gasteiger partial charge in [0.25, 0.3) is 0 Å². The summed E-state index contributed by atoms with van der Waals surface area (Å²) in [5.41, 5.74) is 4.37. The molecule has 2 aromatic rings. The van der Waals surface area contributed by atoms with Crippen molar-refractivity contribution in [2.75, 3.05) is 41.2 Å². The Bertz CT molecular complexity index is 1400. The van der Waals surface area contributed by atoms with Crippen molar-refractivity contribution >= 4 is 40.1 Å². The van der Waals surface area contributed by atoms with E-state index < -0.39 is 30.2 Å². The number of nitrogens with zero attached hydrogens (tertiary/aromatic N) is 1. The number of nitrogens with one attached hydrogen (secondary N) is 3. The lowest BCUT2D eigenvalue weighted by Crippen LogP contribution is -2.45. The minimum Gasteiger partial charge on any atom is -0.493 e. The van der Waals surface area contributed by atoms with Gasteiger partial charge in [0, 0.05) is 5.70 Å². The summed E-state index contributed by atoms with van der Waals surface area (Å²) in [6.07, 6.45) is 0.251. The number of amides is 2. The van der Waals surface area contributed by atoms with Crippen LogP contribution in [0.1, 0.15) is 31.0 Å². The van der Waals surface area contributed by atoms with E-state index in [-0.39, 0.29) is 18.8 Å². The first-order valence-corrected chi connectivity index (χ1v) is 13.7. The Hall–Kier alpha value is -4.50. The maximum absolute atomic E-state index is 12.4. The van der Waals surface area contributed by atoms with Gasteiger partial charge >= 0.3 is 18.0 Å². The molecule has 0 spiro atoms. The Morgan fingerprint density at radius 2 is 1.86 bits per heavy atom. The highest BCUT2D eigenvalue weighted by molar-refractivity contribution is 9.10. The zero-order valence-corrected chi connectivity index (χ0v) is 25.8. The zero-order valence-electron chi connectivity index (χ0n) is 24.2. The summed E-state index contributed by atoms with van der Waals surface area (Å²) in [7, 11) is 3.98. The van der Waals surface area contributed by atoms with Crippen LogP contribution in [0.15, 0.2) is 51.2 Å². The quantitative estimate of drug-likeness (QED) is 0.101. The average molecular weight is 665 g/mol. The first kappa shape index (κ1) is 33.0. The fourth-order valence-corrected chi connectivity index (χ4v) is 4.54. The second-order valence-electron chi connectivity index (χ2n) is 8.81. The van der Waals surface area contributed by atoms with Crippen LogP contribution in [0.2, 0.25) is 0 Å². The molecule has 1 aliphatic heterocycles. The van der Waals surface area contributed by atoms with E-state index in [2.05, 4.69) is 41.8 Å². The number of hydrogen-bond acceptors (Lipinski definition) is 12. The van der Waals surface area contributed by atoms with Crippen LogP contribution >= 0.6 is 15.9 Å². The van der Waals surface area contributed by atoms with E-state index in [9.17, 15) is 19.5 Å². The molecule has 2 atom stereocenters. The predicted octanol–water partition coefficient (Wildman–Crippen LogP) is 2.53. The van der Waals surface area contributed by atoms with Gasteiger partial charge in [0.15, 0.2) is 35.8 Å². The number of carbonyl (C=O) groups is 3. The Morgan fingerprint density at radius 1 is 1.09 bits per heavy atom. The fourth-order valence-electron chi connectivity index (χ4n) is 3.96. The second-order valence-corrected chi connectivity index (χ2v) is 9.67. The number of carbonyl (C=O) groups excluding carboxylic acids is 3. The van der Waals surface area contributed by atoms with Crippen LogP contribution in [0.3, 0.4) is 0 Å². The molecule has 232 valence electrons. The van der Waals surface area contributed by atoms with Gasteiger partial charge in [-0.1, -0.05) is 6.07 Å². The fraction of sp³-hybridized carbons (Fsp3) is 0.357. The number of allylic oxidation sites excluding steroid dienone is 1. The van der Waals surface area contributed by atoms with Gasteiger partial charge in [-0.15, -0.1) is 0 Å². The largest absolute Gasteiger partial charge is 0.493 e. The molecule has 43 heavy (non-hydrogen) atoms. The number of halogens is 1. The lowest BCUT2D eigenvalue weighted by molar-refractivity contribution is -0.143. The van der Waals surface area contributed by atoms with Crippen LogP contribution < -0.4 is 35.0 Å². The molecule has 0 unspecified atom stereocenters. The van der Waals surface area contributed by atoms with E-state index in [1.54, 1.807) is 44.2 Å². The van der Waals surface area contributed by atoms with Crippen molar-refractivity contribution in [3.05, 3.63) is 57.2 Å². The summed E-state index contributed by atoms with van der Waals surface area (Å²) in [5, 5.41) is 19.7. The standard InChI is InChI=1S/C28H33BrN4O10/c1-6-41-20-11-17(25-24(27(36)40-5)15(2)31-28(37)32-25)7-8-19(20)42-13-22(34)33-30-12-16-9-18(29)26(21(10-16)38-3)43-14-23(35)39-4/h7-12,22,25,33-34H,6,13-14H2,1-5H3,(H2,31,32,37)/b30-12-/t22-,25+/m0/s1. The van der Waals surface area contributed by atoms with Gasteiger partial charge in [-0.05, 0) is 65.2 Å². The molecule has 0 aliphatic carbocycles. The Morgan fingerprint density at radius 3 is 2.53 bits per heavy atom. The Balaban J connectivity index is 1.67. The number of aliphatic hydroxyl groups is 1. The molecular formula is C28H33BrN4O10. The van der Waals surface area contributed by atoms with Gasteiger partial charge in [0.2, 0.25) is 0 Å². The number of aliphatic hydroxyl groups excluding tert-OH is 1. The Labute approximate surface area is 256 Å². The molecule has 0 radical (unpaired) electrons. The molecular weight excluding hydrogens is 632 g/mol. The summed E-state index contributed by atoms with van der Waals surface area (Å²) in [6, 6.07) is 7.02. The van der Waals surface area contributed by atoms with Crippen molar-refractivity contribution < 1.29 is 47.9 Å². The summed E-state index contributed by atoms with van der Waals surface area (Å²) in [6.45, 7) is 3.24. The lowest BCUT2D eigenvalue weighted by Gasteiger charge is -2.28. The van der Waals surface area contributed by atoms with E-state index in [4.69, 9.17) is 23.7 Å². The predicted molar refractivity (Wildman–Crippen MR) is 157 cm³/mol. The smallest absolute Gasteiger partial charge is 0.343 e. The third-order valence-corrected chi connectivity index (χ3v) is 6.51. The number of methoxy groups -OCH3 is 3. The molecule has 14 nitrogen and oxygen atoms in total.